The molecule has 0 unspecified atom stereocenters. The predicted octanol–water partition coefficient (Wildman–Crippen LogP) is 2.45. The molecule has 14 heteroatoms. The molecule has 1 aromatic heterocycles. The number of hydrogen-bond acceptors (Lipinski definition) is 8. The van der Waals surface area contributed by atoms with Crippen LogP contribution in [-0.4, -0.2) is 77.3 Å². The van der Waals surface area contributed by atoms with E-state index in [2.05, 4.69) is 15.5 Å². The Morgan fingerprint density at radius 3 is 2.61 bits per heavy atom. The third-order valence-electron chi connectivity index (χ3n) is 8.65. The first kappa shape index (κ1) is 33.0. The molecule has 0 saturated carbocycles. The average molecular weight is 658 g/mol. The van der Waals surface area contributed by atoms with Crippen molar-refractivity contribution in [2.24, 2.45) is 0 Å². The molecule has 2 aromatic carbocycles. The highest BCUT2D eigenvalue weighted by Gasteiger charge is 2.48. The molecular formula is C32H34ClF2N5O6. The van der Waals surface area contributed by atoms with Gasteiger partial charge in [0.25, 0.3) is 11.8 Å². The van der Waals surface area contributed by atoms with Gasteiger partial charge in [0.15, 0.2) is 5.69 Å². The van der Waals surface area contributed by atoms with Crippen molar-refractivity contribution in [1.29, 1.82) is 0 Å². The van der Waals surface area contributed by atoms with Crippen molar-refractivity contribution in [1.82, 2.24) is 25.0 Å². The SMILES string of the molecule is CN[C@@H](Cc1ccccc1)C(=O)OCOc1c2n(cc(C(=O)NCc3ccc(F)cc3F)c1=O)C[C@@H]1N(C[C@H]3CCCN31)C2=O.Cl. The van der Waals surface area contributed by atoms with Crippen LogP contribution in [0.4, 0.5) is 8.78 Å². The Kier molecular flexibility index (Phi) is 10.0. The Bertz CT molecular complexity index is 1690. The van der Waals surface area contributed by atoms with Gasteiger partial charge in [-0.2, -0.15) is 0 Å². The topological polar surface area (TPSA) is 122 Å². The normalized spacial score (nSPS) is 19.0. The fourth-order valence-corrected chi connectivity index (χ4v) is 6.34. The number of ether oxygens (including phenoxy) is 2. The summed E-state index contributed by atoms with van der Waals surface area (Å²) in [4.78, 5) is 57.6. The number of hydrogen-bond donors (Lipinski definition) is 2. The minimum Gasteiger partial charge on any atom is -0.451 e. The van der Waals surface area contributed by atoms with Crippen molar-refractivity contribution in [3.63, 3.8) is 0 Å². The van der Waals surface area contributed by atoms with E-state index in [4.69, 9.17) is 9.47 Å². The van der Waals surface area contributed by atoms with Gasteiger partial charge < -0.3 is 29.6 Å². The Balaban J connectivity index is 0.00000417. The molecular weight excluding hydrogens is 624 g/mol. The molecule has 0 spiro atoms. The molecule has 0 radical (unpaired) electrons. The van der Waals surface area contributed by atoms with Gasteiger partial charge in [0.2, 0.25) is 18.0 Å². The molecule has 2 saturated heterocycles. The molecule has 3 aliphatic rings. The van der Waals surface area contributed by atoms with Crippen LogP contribution >= 0.6 is 12.4 Å². The summed E-state index contributed by atoms with van der Waals surface area (Å²) in [7, 11) is 1.62. The van der Waals surface area contributed by atoms with Gasteiger partial charge in [0, 0.05) is 43.5 Å². The molecule has 3 aromatic rings. The summed E-state index contributed by atoms with van der Waals surface area (Å²) in [5, 5.41) is 5.40. The number of carbonyl (C=O) groups is 3. The molecule has 6 rings (SSSR count). The Hall–Kier alpha value is -4.33. The number of nitrogens with one attached hydrogen (secondary N) is 2. The predicted molar refractivity (Wildman–Crippen MR) is 165 cm³/mol. The zero-order valence-corrected chi connectivity index (χ0v) is 25.9. The molecule has 2 amide bonds. The highest BCUT2D eigenvalue weighted by Crippen LogP contribution is 2.35. The number of rotatable bonds is 10. The average Bonchev–Trinajstić information content (AvgIpc) is 3.63. The summed E-state index contributed by atoms with van der Waals surface area (Å²) >= 11 is 0. The number of fused-ring (bicyclic) bond motifs is 4. The monoisotopic (exact) mass is 657 g/mol. The third kappa shape index (κ3) is 6.48. The summed E-state index contributed by atoms with van der Waals surface area (Å²) < 4.78 is 40.1. The van der Waals surface area contributed by atoms with Crippen molar-refractivity contribution in [2.45, 2.75) is 50.6 Å². The van der Waals surface area contributed by atoms with Crippen LogP contribution in [0.2, 0.25) is 0 Å². The van der Waals surface area contributed by atoms with Gasteiger partial charge in [-0.25, -0.2) is 8.78 Å². The summed E-state index contributed by atoms with van der Waals surface area (Å²) in [6.07, 6.45) is 3.39. The Labute approximate surface area is 269 Å². The maximum absolute atomic E-state index is 14.2. The van der Waals surface area contributed by atoms with Crippen LogP contribution in [0.1, 0.15) is 44.8 Å². The largest absolute Gasteiger partial charge is 0.451 e. The highest BCUT2D eigenvalue weighted by molar-refractivity contribution is 5.99. The molecule has 2 N–H and O–H groups in total. The maximum Gasteiger partial charge on any atom is 0.326 e. The van der Waals surface area contributed by atoms with Gasteiger partial charge in [-0.1, -0.05) is 36.4 Å². The molecule has 3 atom stereocenters. The molecule has 46 heavy (non-hydrogen) atoms. The highest BCUT2D eigenvalue weighted by atomic mass is 35.5. The number of aromatic nitrogens is 1. The zero-order valence-electron chi connectivity index (χ0n) is 25.0. The lowest BCUT2D eigenvalue weighted by Crippen LogP contribution is -2.51. The second kappa shape index (κ2) is 14.0. The van der Waals surface area contributed by atoms with Crippen LogP contribution in [0.15, 0.2) is 59.5 Å². The second-order valence-corrected chi connectivity index (χ2v) is 11.3. The number of likely N-dealkylation sites (N-methyl/N-ethyl adjacent to an activating group) is 1. The molecule has 4 heterocycles. The van der Waals surface area contributed by atoms with Gasteiger partial charge in [-0.05, 0) is 37.9 Å². The van der Waals surface area contributed by atoms with Crippen LogP contribution in [0.3, 0.4) is 0 Å². The molecule has 3 aliphatic heterocycles. The first-order valence-corrected chi connectivity index (χ1v) is 14.8. The van der Waals surface area contributed by atoms with E-state index in [1.54, 1.807) is 11.9 Å². The lowest BCUT2D eigenvalue weighted by molar-refractivity contribution is -0.152. The maximum atomic E-state index is 14.2. The van der Waals surface area contributed by atoms with Gasteiger partial charge in [-0.3, -0.25) is 24.1 Å². The van der Waals surface area contributed by atoms with E-state index in [0.29, 0.717) is 25.6 Å². The van der Waals surface area contributed by atoms with Gasteiger partial charge in [0.05, 0.1) is 6.54 Å². The van der Waals surface area contributed by atoms with Crippen LogP contribution in [0.5, 0.6) is 5.75 Å². The summed E-state index contributed by atoms with van der Waals surface area (Å²) in [6, 6.07) is 11.8. The Morgan fingerprint density at radius 1 is 1.09 bits per heavy atom. The van der Waals surface area contributed by atoms with E-state index in [1.165, 1.54) is 16.8 Å². The fourth-order valence-electron chi connectivity index (χ4n) is 6.34. The third-order valence-corrected chi connectivity index (χ3v) is 8.65. The molecule has 244 valence electrons. The summed E-state index contributed by atoms with van der Waals surface area (Å²) in [5.41, 5.74) is -0.318. The first-order chi connectivity index (χ1) is 21.7. The quantitative estimate of drug-likeness (QED) is 0.252. The van der Waals surface area contributed by atoms with E-state index in [1.807, 2.05) is 30.3 Å². The number of benzene rings is 2. The number of carbonyl (C=O) groups excluding carboxylic acids is 3. The van der Waals surface area contributed by atoms with E-state index in [0.717, 1.165) is 31.0 Å². The van der Waals surface area contributed by atoms with E-state index >= 15 is 0 Å². The summed E-state index contributed by atoms with van der Waals surface area (Å²) in [6.45, 7) is 0.657. The van der Waals surface area contributed by atoms with E-state index in [9.17, 15) is 28.0 Å². The van der Waals surface area contributed by atoms with E-state index < -0.39 is 53.4 Å². The minimum atomic E-state index is -0.879. The van der Waals surface area contributed by atoms with Crippen molar-refractivity contribution in [2.75, 3.05) is 26.9 Å². The van der Waals surface area contributed by atoms with E-state index in [-0.39, 0.29) is 48.0 Å². The van der Waals surface area contributed by atoms with Crippen LogP contribution in [0, 0.1) is 11.6 Å². The molecule has 2 fully saturated rings. The number of esters is 1. The smallest absolute Gasteiger partial charge is 0.326 e. The first-order valence-electron chi connectivity index (χ1n) is 14.8. The second-order valence-electron chi connectivity index (χ2n) is 11.3. The standard InChI is InChI=1S/C32H33F2N5O6.ClH/c1-35-25(12-19-6-3-2-4-7-19)32(43)45-18-44-29-27-31(42)39-15-22-8-5-11-38(22)26(39)17-37(27)16-23(28(29)40)30(41)36-14-20-9-10-21(33)13-24(20)34;/h2-4,6-7,9-10,13,16,22,25-26,35H,5,8,11-12,14-15,17-18H2,1H3,(H,36,41);1H/t22-,25+,26+;/m1./s1. The van der Waals surface area contributed by atoms with Crippen LogP contribution in [-0.2, 0) is 29.0 Å². The number of halogens is 3. The number of nitrogens with zero attached hydrogens (tertiary/aromatic N) is 3. The molecule has 11 nitrogen and oxygen atoms in total. The van der Waals surface area contributed by atoms with Crippen molar-refractivity contribution in [3.05, 3.63) is 99.0 Å². The van der Waals surface area contributed by atoms with Crippen molar-refractivity contribution < 1.29 is 32.6 Å². The number of amides is 2. The van der Waals surface area contributed by atoms with Crippen molar-refractivity contribution >= 4 is 30.2 Å². The fraction of sp³-hybridized carbons (Fsp3) is 0.375. The zero-order chi connectivity index (χ0) is 31.7. The minimum absolute atomic E-state index is 0. The Morgan fingerprint density at radius 2 is 1.87 bits per heavy atom. The van der Waals surface area contributed by atoms with Gasteiger partial charge in [-0.15, -0.1) is 12.4 Å². The van der Waals surface area contributed by atoms with Crippen LogP contribution in [0.25, 0.3) is 0 Å². The lowest BCUT2D eigenvalue weighted by atomic mass is 10.1. The van der Waals surface area contributed by atoms with Crippen LogP contribution < -0.4 is 20.8 Å². The molecule has 0 aliphatic carbocycles. The van der Waals surface area contributed by atoms with Gasteiger partial charge in [0.1, 0.15) is 29.4 Å². The lowest BCUT2D eigenvalue weighted by Gasteiger charge is -2.36. The molecule has 0 bridgehead atoms. The van der Waals surface area contributed by atoms with Crippen molar-refractivity contribution in [3.8, 4) is 5.75 Å². The summed E-state index contributed by atoms with van der Waals surface area (Å²) in [5.74, 6) is -3.90. The number of pyridine rings is 1. The van der Waals surface area contributed by atoms with Gasteiger partial charge >= 0.3 is 5.97 Å².